The first-order chi connectivity index (χ1) is 17.0. The fourth-order valence-corrected chi connectivity index (χ4v) is 3.53. The van der Waals surface area contributed by atoms with Crippen LogP contribution in [-0.2, 0) is 26.8 Å². The van der Waals surface area contributed by atoms with Crippen molar-refractivity contribution in [2.75, 3.05) is 0 Å². The molecule has 0 unspecified atom stereocenters. The topological polar surface area (TPSA) is 68.2 Å². The van der Waals surface area contributed by atoms with Crippen LogP contribution in [0.25, 0.3) is 12.2 Å². The Bertz CT molecular complexity index is 1020. The summed E-state index contributed by atoms with van der Waals surface area (Å²) >= 11 is 0. The summed E-state index contributed by atoms with van der Waals surface area (Å²) in [6.45, 7) is 11.8. The molecule has 194 valence electrons. The third-order valence-electron chi connectivity index (χ3n) is 5.11. The first-order valence-corrected chi connectivity index (χ1v) is 12.2. The molecule has 36 heavy (non-hydrogen) atoms. The van der Waals surface area contributed by atoms with Crippen molar-refractivity contribution < 1.29 is 32.8 Å². The first kappa shape index (κ1) is 29.9. The van der Waals surface area contributed by atoms with Gasteiger partial charge in [0.25, 0.3) is 0 Å². The number of fused-ring (bicyclic) bond motifs is 2. The minimum atomic E-state index is -1.48. The van der Waals surface area contributed by atoms with Crippen LogP contribution in [0.2, 0.25) is 0 Å². The molecule has 0 bridgehead atoms. The lowest BCUT2D eigenvalue weighted by Crippen LogP contribution is -2.34. The molecule has 0 aromatic heterocycles. The molecule has 0 fully saturated rings. The van der Waals surface area contributed by atoms with Gasteiger partial charge in [-0.3, -0.25) is 0 Å². The lowest BCUT2D eigenvalue weighted by Gasteiger charge is -2.20. The summed E-state index contributed by atoms with van der Waals surface area (Å²) in [5, 5.41) is 17.8. The lowest BCUT2D eigenvalue weighted by molar-refractivity contribution is 0.0335. The molecule has 2 aliphatic rings. The van der Waals surface area contributed by atoms with E-state index in [1.54, 1.807) is 18.2 Å². The summed E-state index contributed by atoms with van der Waals surface area (Å²) in [6.07, 6.45) is 6.96. The molecule has 0 amide bonds. The van der Waals surface area contributed by atoms with Gasteiger partial charge in [-0.2, -0.15) is 0 Å². The first-order valence-electron chi connectivity index (χ1n) is 12.2. The van der Waals surface area contributed by atoms with Crippen molar-refractivity contribution in [2.45, 2.75) is 72.7 Å². The van der Waals surface area contributed by atoms with E-state index in [4.69, 9.17) is 24.0 Å². The van der Waals surface area contributed by atoms with Crippen molar-refractivity contribution >= 4 is 26.6 Å². The average molecular weight is 500 g/mol. The molecule has 0 aliphatic heterocycles. The van der Waals surface area contributed by atoms with Gasteiger partial charge in [0.2, 0.25) is 0 Å². The smallest absolute Gasteiger partial charge is 0.423 e. The minimum absolute atomic E-state index is 0.105. The Morgan fingerprint density at radius 3 is 1.69 bits per heavy atom. The Labute approximate surface area is 214 Å². The summed E-state index contributed by atoms with van der Waals surface area (Å²) in [7, 11) is -2.02. The molecule has 0 saturated carbocycles. The lowest BCUT2D eigenvalue weighted by atomic mass is 9.78. The predicted molar refractivity (Wildman–Crippen MR) is 142 cm³/mol. The maximum atomic E-state index is 13.1. The number of allylic oxidation sites excluding steroid dienone is 2. The Morgan fingerprint density at radius 2 is 1.25 bits per heavy atom. The van der Waals surface area contributed by atoms with Gasteiger partial charge in [-0.1, -0.05) is 42.5 Å². The van der Waals surface area contributed by atoms with E-state index < -0.39 is 14.4 Å². The quantitative estimate of drug-likeness (QED) is 0.498. The highest BCUT2D eigenvalue weighted by atomic mass is 19.1. The summed E-state index contributed by atoms with van der Waals surface area (Å²) in [6, 6.07) is 9.97. The zero-order valence-corrected chi connectivity index (χ0v) is 21.9. The van der Waals surface area contributed by atoms with Crippen LogP contribution in [0.5, 0.6) is 0 Å². The predicted octanol–water partition coefficient (Wildman–Crippen LogP) is 5.42. The second-order valence-corrected chi connectivity index (χ2v) is 9.34. The number of hydrogen-bond donors (Lipinski definition) is 2. The van der Waals surface area contributed by atoms with Gasteiger partial charge < -0.3 is 24.0 Å². The summed E-state index contributed by atoms with van der Waals surface area (Å²) in [5.74, 6) is -0.417. The normalized spacial score (nSPS) is 13.1. The largest absolute Gasteiger partial charge is 0.639 e. The average Bonchev–Trinajstić information content (AvgIpc) is 3.42. The van der Waals surface area contributed by atoms with Gasteiger partial charge in [0, 0.05) is 29.4 Å². The molecule has 9 heteroatoms. The maximum absolute atomic E-state index is 13.1. The number of rotatable bonds is 7. The van der Waals surface area contributed by atoms with E-state index in [2.05, 4.69) is 0 Å². The summed E-state index contributed by atoms with van der Waals surface area (Å²) in [4.78, 5) is 0. The van der Waals surface area contributed by atoms with Crippen LogP contribution in [0.1, 0.15) is 63.8 Å². The second-order valence-electron chi connectivity index (χ2n) is 9.34. The maximum Gasteiger partial charge on any atom is 0.639 e. The zero-order valence-electron chi connectivity index (χ0n) is 21.9. The molecule has 4 rings (SSSR count). The number of benzene rings is 2. The number of halogens is 2. The van der Waals surface area contributed by atoms with Gasteiger partial charge in [-0.15, -0.1) is 0 Å². The van der Waals surface area contributed by atoms with Crippen molar-refractivity contribution in [3.05, 3.63) is 81.8 Å². The van der Waals surface area contributed by atoms with Crippen LogP contribution in [0.4, 0.5) is 8.78 Å². The molecule has 0 spiro atoms. The highest BCUT2D eigenvalue weighted by molar-refractivity contribution is 6.52. The third kappa shape index (κ3) is 9.64. The van der Waals surface area contributed by atoms with Crippen LogP contribution in [0.15, 0.2) is 47.9 Å². The molecule has 0 atom stereocenters. The monoisotopic (exact) mass is 500 g/mol. The van der Waals surface area contributed by atoms with Crippen LogP contribution < -0.4 is 0 Å². The van der Waals surface area contributed by atoms with Crippen molar-refractivity contribution in [2.24, 2.45) is 0 Å². The van der Waals surface area contributed by atoms with Crippen molar-refractivity contribution in [3.8, 4) is 0 Å². The van der Waals surface area contributed by atoms with Crippen LogP contribution in [0.3, 0.4) is 0 Å². The highest BCUT2D eigenvalue weighted by Gasteiger charge is 2.25. The van der Waals surface area contributed by atoms with E-state index in [9.17, 15) is 8.78 Å². The van der Waals surface area contributed by atoms with Gasteiger partial charge in [-0.05, 0) is 83.1 Å². The van der Waals surface area contributed by atoms with Gasteiger partial charge in [0.15, 0.2) is 0 Å². The van der Waals surface area contributed by atoms with Crippen molar-refractivity contribution in [3.63, 3.8) is 0 Å². The van der Waals surface area contributed by atoms with Crippen molar-refractivity contribution in [1.82, 2.24) is 0 Å². The van der Waals surface area contributed by atoms with Crippen molar-refractivity contribution in [1.29, 1.82) is 0 Å². The number of hydrogen-bond acceptors (Lipinski definition) is 5. The zero-order chi connectivity index (χ0) is 26.8. The van der Waals surface area contributed by atoms with Gasteiger partial charge in [0.05, 0.1) is 0 Å². The molecular weight excluding hydrogens is 464 g/mol. The Hall–Kier alpha value is -2.29. The van der Waals surface area contributed by atoms with Gasteiger partial charge in [0.1, 0.15) is 11.6 Å². The summed E-state index contributed by atoms with van der Waals surface area (Å²) in [5.41, 5.74) is 3.59. The fraction of sp³-hybridized carbons (Fsp3) is 0.407. The molecule has 2 aliphatic carbocycles. The van der Waals surface area contributed by atoms with E-state index in [-0.39, 0.29) is 29.9 Å². The van der Waals surface area contributed by atoms with E-state index in [0.29, 0.717) is 17.5 Å². The fourth-order valence-electron chi connectivity index (χ4n) is 3.53. The Morgan fingerprint density at radius 1 is 0.750 bits per heavy atom. The molecule has 0 radical (unpaired) electrons. The second kappa shape index (κ2) is 14.4. The van der Waals surface area contributed by atoms with Crippen LogP contribution in [0, 0.1) is 11.6 Å². The molecule has 2 aromatic rings. The van der Waals surface area contributed by atoms with Gasteiger partial charge >= 0.3 is 14.4 Å². The SMILES string of the molecule is CC(C)OB(OC(C)C)OC(C)C.Fc1cccc2c1C=CC2.OB(O)C1=Cc2c(F)cccc2C1. The van der Waals surface area contributed by atoms with E-state index >= 15 is 0 Å². The standard InChI is InChI=1S/C9H8BFO2.C9H21BO3.C9H7F/c11-9-3-1-2-6-4-7(10(12)13)5-8(6)9;1-7(2)11-10(12-8(3)4)13-9(5)6;10-9-6-2-4-7-3-1-5-8(7)9/h1-3,5,12-13H,4H2;7-9H,1-6H3;1-2,4-6H,3H2. The molecular formula is C27H36B2F2O5. The summed E-state index contributed by atoms with van der Waals surface area (Å²) < 4.78 is 42.2. The molecule has 2 aromatic carbocycles. The Kier molecular flexibility index (Phi) is 12.0. The van der Waals surface area contributed by atoms with E-state index in [1.807, 2.05) is 59.8 Å². The molecule has 0 heterocycles. The third-order valence-corrected chi connectivity index (χ3v) is 5.11. The Balaban J connectivity index is 0.000000192. The van der Waals surface area contributed by atoms with Crippen LogP contribution >= 0.6 is 0 Å². The van der Waals surface area contributed by atoms with E-state index in [1.165, 1.54) is 18.2 Å². The van der Waals surface area contributed by atoms with E-state index in [0.717, 1.165) is 23.1 Å². The molecule has 5 nitrogen and oxygen atoms in total. The molecule has 2 N–H and O–H groups in total. The van der Waals surface area contributed by atoms with Gasteiger partial charge in [-0.25, -0.2) is 8.78 Å². The van der Waals surface area contributed by atoms with Crippen LogP contribution in [-0.4, -0.2) is 42.8 Å². The minimum Gasteiger partial charge on any atom is -0.423 e. The molecule has 0 saturated heterocycles. The highest BCUT2D eigenvalue weighted by Crippen LogP contribution is 2.27.